The predicted octanol–water partition coefficient (Wildman–Crippen LogP) is 2.94. The molecule has 3 aromatic rings. The van der Waals surface area contributed by atoms with Crippen molar-refractivity contribution in [2.75, 3.05) is 7.11 Å². The third-order valence-electron chi connectivity index (χ3n) is 3.91. The van der Waals surface area contributed by atoms with Crippen LogP contribution in [0.5, 0.6) is 11.5 Å². The molecule has 0 fully saturated rings. The first-order chi connectivity index (χ1) is 14.0. The van der Waals surface area contributed by atoms with Gasteiger partial charge >= 0.3 is 5.97 Å². The molecular weight excluding hydrogens is 392 g/mol. The Bertz CT molecular complexity index is 1040. The average Bonchev–Trinajstić information content (AvgIpc) is 3.33. The number of esters is 1. The van der Waals surface area contributed by atoms with E-state index in [9.17, 15) is 9.59 Å². The number of amides is 1. The van der Waals surface area contributed by atoms with Crippen molar-refractivity contribution in [3.05, 3.63) is 63.6 Å². The second-order valence-corrected chi connectivity index (χ2v) is 7.10. The number of ether oxygens (including phenoxy) is 2. The van der Waals surface area contributed by atoms with Crippen molar-refractivity contribution in [2.45, 2.75) is 20.4 Å². The summed E-state index contributed by atoms with van der Waals surface area (Å²) < 4.78 is 12.3. The number of hydrogen-bond acceptors (Lipinski definition) is 7. The number of thiophene rings is 1. The molecule has 1 N–H and O–H groups in total. The average molecular weight is 412 g/mol. The van der Waals surface area contributed by atoms with Gasteiger partial charge < -0.3 is 9.47 Å². The molecule has 150 valence electrons. The fourth-order valence-electron chi connectivity index (χ4n) is 2.58. The van der Waals surface area contributed by atoms with Gasteiger partial charge in [0, 0.05) is 5.69 Å². The van der Waals surface area contributed by atoms with Gasteiger partial charge in [0.25, 0.3) is 5.91 Å². The number of nitrogens with zero attached hydrogens (tertiary/aromatic N) is 3. The van der Waals surface area contributed by atoms with Crippen LogP contribution in [0.4, 0.5) is 0 Å². The van der Waals surface area contributed by atoms with Crippen molar-refractivity contribution >= 4 is 29.4 Å². The highest BCUT2D eigenvalue weighted by Gasteiger charge is 2.13. The molecule has 29 heavy (non-hydrogen) atoms. The Hall–Kier alpha value is -3.46. The second kappa shape index (κ2) is 9.16. The lowest BCUT2D eigenvalue weighted by atomic mass is 10.2. The number of rotatable bonds is 7. The van der Waals surface area contributed by atoms with Gasteiger partial charge in [-0.15, -0.1) is 11.3 Å². The third kappa shape index (κ3) is 5.29. The number of carbonyl (C=O) groups is 2. The molecule has 1 aromatic carbocycles. The lowest BCUT2D eigenvalue weighted by molar-refractivity contribution is -0.121. The van der Waals surface area contributed by atoms with Crippen molar-refractivity contribution in [3.63, 3.8) is 0 Å². The molecule has 0 aliphatic heterocycles. The number of hydrogen-bond donors (Lipinski definition) is 1. The number of benzene rings is 1. The summed E-state index contributed by atoms with van der Waals surface area (Å²) in [6, 6.07) is 10.3. The van der Waals surface area contributed by atoms with Crippen LogP contribution in [-0.4, -0.2) is 35.0 Å². The Balaban J connectivity index is 1.61. The maximum Gasteiger partial charge on any atom is 0.353 e. The largest absolute Gasteiger partial charge is 0.493 e. The summed E-state index contributed by atoms with van der Waals surface area (Å²) in [6.07, 6.45) is 1.48. The Labute approximate surface area is 171 Å². The van der Waals surface area contributed by atoms with E-state index in [4.69, 9.17) is 9.47 Å². The van der Waals surface area contributed by atoms with Gasteiger partial charge in [-0.2, -0.15) is 10.2 Å². The smallest absolute Gasteiger partial charge is 0.353 e. The van der Waals surface area contributed by atoms with Gasteiger partial charge in [-0.1, -0.05) is 6.07 Å². The van der Waals surface area contributed by atoms with Crippen molar-refractivity contribution in [3.8, 4) is 11.5 Å². The summed E-state index contributed by atoms with van der Waals surface area (Å²) in [5.41, 5.74) is 4.89. The highest BCUT2D eigenvalue weighted by atomic mass is 32.1. The molecule has 9 heteroatoms. The predicted molar refractivity (Wildman–Crippen MR) is 110 cm³/mol. The van der Waals surface area contributed by atoms with Crippen LogP contribution in [0.1, 0.15) is 26.6 Å². The molecule has 0 aliphatic carbocycles. The van der Waals surface area contributed by atoms with E-state index in [2.05, 4.69) is 15.6 Å². The molecule has 2 aromatic heterocycles. The number of hydrazone groups is 1. The molecule has 0 bridgehead atoms. The Kier molecular flexibility index (Phi) is 6.40. The van der Waals surface area contributed by atoms with Crippen molar-refractivity contribution < 1.29 is 19.1 Å². The van der Waals surface area contributed by atoms with Crippen LogP contribution < -0.4 is 14.9 Å². The Morgan fingerprint density at radius 3 is 2.72 bits per heavy atom. The molecule has 0 saturated heterocycles. The molecule has 2 heterocycles. The van der Waals surface area contributed by atoms with E-state index in [1.807, 2.05) is 19.9 Å². The van der Waals surface area contributed by atoms with Gasteiger partial charge in [0.1, 0.15) is 11.4 Å². The fraction of sp³-hybridized carbons (Fsp3) is 0.200. The zero-order valence-corrected chi connectivity index (χ0v) is 17.0. The molecule has 0 aliphatic rings. The van der Waals surface area contributed by atoms with Crippen LogP contribution >= 0.6 is 11.3 Å². The lowest BCUT2D eigenvalue weighted by Crippen LogP contribution is -2.24. The summed E-state index contributed by atoms with van der Waals surface area (Å²) in [5.74, 6) is -0.0542. The molecule has 0 radical (unpaired) electrons. The fourth-order valence-corrected chi connectivity index (χ4v) is 3.18. The highest BCUT2D eigenvalue weighted by Crippen LogP contribution is 2.28. The molecule has 3 rings (SSSR count). The maximum atomic E-state index is 12.1. The molecule has 0 spiro atoms. The topological polar surface area (TPSA) is 94.8 Å². The van der Waals surface area contributed by atoms with Gasteiger partial charge in [-0.25, -0.2) is 10.2 Å². The van der Waals surface area contributed by atoms with Crippen molar-refractivity contribution in [1.82, 2.24) is 15.2 Å². The summed E-state index contributed by atoms with van der Waals surface area (Å²) in [7, 11) is 1.48. The SMILES string of the molecule is COc1cc(/C=N\NC(=O)Cn2nc(C)cc2C)ccc1OC(=O)c1cccs1. The molecule has 0 saturated carbocycles. The van der Waals surface area contributed by atoms with Gasteiger partial charge in [0.05, 0.1) is 19.0 Å². The summed E-state index contributed by atoms with van der Waals surface area (Å²) in [5, 5.41) is 9.99. The first kappa shape index (κ1) is 20.3. The van der Waals surface area contributed by atoms with Gasteiger partial charge in [-0.3, -0.25) is 9.48 Å². The summed E-state index contributed by atoms with van der Waals surface area (Å²) >= 11 is 1.30. The third-order valence-corrected chi connectivity index (χ3v) is 4.76. The monoisotopic (exact) mass is 412 g/mol. The zero-order chi connectivity index (χ0) is 20.8. The Morgan fingerprint density at radius 2 is 2.07 bits per heavy atom. The highest BCUT2D eigenvalue weighted by molar-refractivity contribution is 7.12. The minimum absolute atomic E-state index is 0.0813. The maximum absolute atomic E-state index is 12.1. The van der Waals surface area contributed by atoms with Crippen LogP contribution in [0, 0.1) is 13.8 Å². The number of carbonyl (C=O) groups excluding carboxylic acids is 2. The van der Waals surface area contributed by atoms with E-state index in [-0.39, 0.29) is 12.5 Å². The van der Waals surface area contributed by atoms with E-state index in [0.29, 0.717) is 21.9 Å². The summed E-state index contributed by atoms with van der Waals surface area (Å²) in [6.45, 7) is 3.84. The molecular formula is C20H20N4O4S. The van der Waals surface area contributed by atoms with E-state index < -0.39 is 5.97 Å². The van der Waals surface area contributed by atoms with Gasteiger partial charge in [0.15, 0.2) is 11.5 Å². The van der Waals surface area contributed by atoms with E-state index in [1.165, 1.54) is 24.7 Å². The van der Waals surface area contributed by atoms with E-state index >= 15 is 0 Å². The zero-order valence-electron chi connectivity index (χ0n) is 16.2. The number of aromatic nitrogens is 2. The number of nitrogens with one attached hydrogen (secondary N) is 1. The second-order valence-electron chi connectivity index (χ2n) is 6.16. The minimum atomic E-state index is -0.448. The minimum Gasteiger partial charge on any atom is -0.493 e. The first-order valence-corrected chi connectivity index (χ1v) is 9.61. The van der Waals surface area contributed by atoms with Gasteiger partial charge in [0.2, 0.25) is 0 Å². The van der Waals surface area contributed by atoms with Crippen LogP contribution in [-0.2, 0) is 11.3 Å². The molecule has 8 nitrogen and oxygen atoms in total. The van der Waals surface area contributed by atoms with Gasteiger partial charge in [-0.05, 0) is 55.1 Å². The molecule has 1 amide bonds. The lowest BCUT2D eigenvalue weighted by Gasteiger charge is -2.09. The van der Waals surface area contributed by atoms with E-state index in [1.54, 1.807) is 40.4 Å². The van der Waals surface area contributed by atoms with Crippen LogP contribution in [0.15, 0.2) is 46.9 Å². The first-order valence-electron chi connectivity index (χ1n) is 8.73. The number of aryl methyl sites for hydroxylation is 2. The van der Waals surface area contributed by atoms with Crippen LogP contribution in [0.2, 0.25) is 0 Å². The van der Waals surface area contributed by atoms with Crippen LogP contribution in [0.3, 0.4) is 0 Å². The summed E-state index contributed by atoms with van der Waals surface area (Å²) in [4.78, 5) is 24.6. The normalized spacial score (nSPS) is 10.9. The standard InChI is InChI=1S/C20H20N4O4S/c1-13-9-14(2)24(23-13)12-19(25)22-21-11-15-6-7-16(17(10-15)27-3)28-20(26)18-5-4-8-29-18/h4-11H,12H2,1-3H3,(H,22,25)/b21-11-. The quantitative estimate of drug-likeness (QED) is 0.279. The van der Waals surface area contributed by atoms with Crippen molar-refractivity contribution in [2.24, 2.45) is 5.10 Å². The number of methoxy groups -OCH3 is 1. The molecule has 0 unspecified atom stereocenters. The molecule has 0 atom stereocenters. The van der Waals surface area contributed by atoms with Crippen molar-refractivity contribution in [1.29, 1.82) is 0 Å². The van der Waals surface area contributed by atoms with Crippen LogP contribution in [0.25, 0.3) is 0 Å². The Morgan fingerprint density at radius 1 is 1.24 bits per heavy atom. The van der Waals surface area contributed by atoms with E-state index in [0.717, 1.165) is 11.4 Å².